The smallest absolute Gasteiger partial charge is 0.245 e. The summed E-state index contributed by atoms with van der Waals surface area (Å²) in [7, 11) is 2.98. The van der Waals surface area contributed by atoms with Gasteiger partial charge >= 0.3 is 0 Å². The minimum Gasteiger partial charge on any atom is -0.381 e. The average molecular weight is 1010 g/mol. The number of ether oxygens (including phenoxy) is 1. The Kier molecular flexibility index (Phi) is 22.7. The number of carbonyl (C=O) groups excluding carboxylic acids is 10. The first-order valence-corrected chi connectivity index (χ1v) is 26.8. The lowest BCUT2D eigenvalue weighted by atomic mass is 9.90. The lowest BCUT2D eigenvalue weighted by Crippen LogP contribution is -2.59. The van der Waals surface area contributed by atoms with E-state index in [4.69, 9.17) is 4.74 Å². The van der Waals surface area contributed by atoms with Crippen molar-refractivity contribution in [1.82, 2.24) is 40.0 Å². The van der Waals surface area contributed by atoms with E-state index in [1.165, 1.54) is 50.4 Å². The number of ketones is 2. The maximum Gasteiger partial charge on any atom is 0.245 e. The highest BCUT2D eigenvalue weighted by atomic mass is 16.5. The molecule has 4 heterocycles. The fourth-order valence-electron chi connectivity index (χ4n) is 10.6. The molecule has 8 atom stereocenters. The maximum atomic E-state index is 14.8. The van der Waals surface area contributed by atoms with Gasteiger partial charge < -0.3 is 44.8 Å². The van der Waals surface area contributed by atoms with E-state index in [2.05, 4.69) is 10.6 Å². The molecule has 0 aromatic carbocycles. The van der Waals surface area contributed by atoms with E-state index in [0.29, 0.717) is 58.2 Å². The number of fused-ring (bicyclic) bond motifs is 2. The summed E-state index contributed by atoms with van der Waals surface area (Å²) in [6.45, 7) is 19.2. The van der Waals surface area contributed by atoms with E-state index in [9.17, 15) is 47.9 Å². The fraction of sp³-hybridized carbons (Fsp3) is 0.811. The number of Topliss-reactive ketones (excluding diaryl/α,β-unsaturated/α-hetero) is 2. The van der Waals surface area contributed by atoms with E-state index in [1.54, 1.807) is 20.8 Å². The molecule has 4 fully saturated rings. The lowest BCUT2D eigenvalue weighted by Gasteiger charge is -2.36. The standard InChI is InChI=1S/C53H88N8O11/c1-13-58-31-46(64)54-41(25-33(4)5)50(68)57(12)37(10)47(65)55-42(26-34(6)7)51(69)61-21-15-17-44(61)53(71)59(29-38-18-22-72-23-19-38)30-40(62)28-39(24-32(2)3)49(67)56(11)36(9)45(63)27-35(8)48(66)60-20-14-16-43(60)52(58)70/h32-39,41-44H,13-31H2,1-12H3,(H,54,64)(H,55,65)/t35-,36+,37+,39-,41+,42+,43-,44-/m1/s1. The zero-order valence-corrected chi connectivity index (χ0v) is 45.5. The van der Waals surface area contributed by atoms with Gasteiger partial charge in [0, 0.05) is 78.2 Å². The summed E-state index contributed by atoms with van der Waals surface area (Å²) in [6, 6.07) is -5.92. The molecule has 19 nitrogen and oxygen atoms in total. The van der Waals surface area contributed by atoms with Crippen molar-refractivity contribution in [1.29, 1.82) is 0 Å². The number of likely N-dealkylation sites (N-methyl/N-ethyl adjacent to an activating group) is 3. The van der Waals surface area contributed by atoms with Crippen LogP contribution in [0.3, 0.4) is 0 Å². The molecule has 4 aliphatic heterocycles. The molecule has 72 heavy (non-hydrogen) atoms. The van der Waals surface area contributed by atoms with Gasteiger partial charge in [-0.1, -0.05) is 48.5 Å². The first-order valence-electron chi connectivity index (χ1n) is 26.8. The van der Waals surface area contributed by atoms with Gasteiger partial charge in [0.2, 0.25) is 47.3 Å². The van der Waals surface area contributed by atoms with Crippen molar-refractivity contribution in [3.63, 3.8) is 0 Å². The number of amides is 8. The molecule has 0 saturated carbocycles. The molecule has 0 aromatic rings. The van der Waals surface area contributed by atoms with E-state index >= 15 is 0 Å². The largest absolute Gasteiger partial charge is 0.381 e. The number of rotatable bonds is 9. The zero-order chi connectivity index (χ0) is 53.7. The van der Waals surface area contributed by atoms with Gasteiger partial charge in [0.1, 0.15) is 30.2 Å². The second kappa shape index (κ2) is 27.4. The molecule has 0 aliphatic carbocycles. The normalized spacial score (nSPS) is 28.9. The van der Waals surface area contributed by atoms with Crippen molar-refractivity contribution in [3.05, 3.63) is 0 Å². The van der Waals surface area contributed by atoms with Crippen molar-refractivity contribution >= 4 is 58.8 Å². The molecule has 0 aromatic heterocycles. The average Bonchev–Trinajstić information content (AvgIpc) is 4.03. The second-order valence-electron chi connectivity index (χ2n) is 22.3. The van der Waals surface area contributed by atoms with Crippen LogP contribution in [-0.4, -0.2) is 191 Å². The molecule has 8 amide bonds. The van der Waals surface area contributed by atoms with E-state index in [0.717, 1.165) is 0 Å². The van der Waals surface area contributed by atoms with Crippen LogP contribution in [0.5, 0.6) is 0 Å². The Bertz CT molecular complexity index is 1950. The Morgan fingerprint density at radius 3 is 1.62 bits per heavy atom. The summed E-state index contributed by atoms with van der Waals surface area (Å²) in [4.78, 5) is 151. The first kappa shape index (κ1) is 59.6. The Morgan fingerprint density at radius 2 is 1.08 bits per heavy atom. The van der Waals surface area contributed by atoms with Crippen LogP contribution in [0.4, 0.5) is 0 Å². The van der Waals surface area contributed by atoms with Crippen LogP contribution in [0, 0.1) is 35.5 Å². The predicted octanol–water partition coefficient (Wildman–Crippen LogP) is 3.06. The summed E-state index contributed by atoms with van der Waals surface area (Å²) in [5.41, 5.74) is 0. The Morgan fingerprint density at radius 1 is 0.569 bits per heavy atom. The van der Waals surface area contributed by atoms with E-state index in [-0.39, 0.29) is 99.6 Å². The van der Waals surface area contributed by atoms with Crippen LogP contribution >= 0.6 is 0 Å². The number of hydrogen-bond donors (Lipinski definition) is 2. The highest BCUT2D eigenvalue weighted by molar-refractivity contribution is 5.98. The molecule has 0 radical (unpaired) electrons. The third kappa shape index (κ3) is 16.0. The van der Waals surface area contributed by atoms with Crippen LogP contribution in [-0.2, 0) is 52.7 Å². The van der Waals surface area contributed by atoms with Gasteiger partial charge in [0.05, 0.1) is 19.1 Å². The summed E-state index contributed by atoms with van der Waals surface area (Å²) < 4.78 is 5.61. The molecule has 4 rings (SSSR count). The summed E-state index contributed by atoms with van der Waals surface area (Å²) in [5.74, 6) is -6.21. The van der Waals surface area contributed by atoms with Crippen LogP contribution in [0.1, 0.15) is 140 Å². The molecule has 0 unspecified atom stereocenters. The Hall–Kier alpha value is -4.94. The summed E-state index contributed by atoms with van der Waals surface area (Å²) in [5, 5.41) is 5.71. The van der Waals surface area contributed by atoms with Crippen molar-refractivity contribution in [2.45, 2.75) is 176 Å². The van der Waals surface area contributed by atoms with Gasteiger partial charge in [-0.25, -0.2) is 0 Å². The quantitative estimate of drug-likeness (QED) is 0.342. The molecule has 2 N–H and O–H groups in total. The Labute approximate surface area is 428 Å². The lowest BCUT2D eigenvalue weighted by molar-refractivity contribution is -0.149. The van der Waals surface area contributed by atoms with Crippen LogP contribution in [0.15, 0.2) is 0 Å². The Balaban J connectivity index is 1.74. The fourth-order valence-corrected chi connectivity index (χ4v) is 10.6. The molecular formula is C53H88N8O11. The first-order chi connectivity index (χ1) is 33.9. The summed E-state index contributed by atoms with van der Waals surface area (Å²) in [6.07, 6.45) is 3.53. The number of nitrogens with zero attached hydrogens (tertiary/aromatic N) is 6. The predicted molar refractivity (Wildman–Crippen MR) is 270 cm³/mol. The third-order valence-corrected chi connectivity index (χ3v) is 15.0. The molecule has 19 heteroatoms. The van der Waals surface area contributed by atoms with Crippen LogP contribution in [0.2, 0.25) is 0 Å². The molecule has 0 bridgehead atoms. The SMILES string of the molecule is CCN1CC(=O)N[C@@H](CC(C)C)C(=O)N(C)[C@@H](C)C(=O)N[C@@H](CC(C)C)C(=O)N2CCC[C@@H]2C(=O)N(CC2CCOCC2)CC(=O)C[C@@H](CC(C)C)C(=O)N(C)[C@@H](C)C(=O)C[C@@H](C)C(=O)N2CCC[C@@H]2C1=O. The van der Waals surface area contributed by atoms with Gasteiger partial charge in [0.25, 0.3) is 0 Å². The van der Waals surface area contributed by atoms with Crippen LogP contribution in [0.25, 0.3) is 0 Å². The van der Waals surface area contributed by atoms with Gasteiger partial charge in [-0.05, 0) is 102 Å². The van der Waals surface area contributed by atoms with Crippen molar-refractivity contribution in [2.24, 2.45) is 35.5 Å². The van der Waals surface area contributed by atoms with Gasteiger partial charge in [-0.2, -0.15) is 0 Å². The molecule has 4 aliphatic rings. The highest BCUT2D eigenvalue weighted by Crippen LogP contribution is 2.28. The molecule has 4 saturated heterocycles. The summed E-state index contributed by atoms with van der Waals surface area (Å²) >= 11 is 0. The highest BCUT2D eigenvalue weighted by Gasteiger charge is 2.43. The van der Waals surface area contributed by atoms with Crippen molar-refractivity contribution in [3.8, 4) is 0 Å². The van der Waals surface area contributed by atoms with Crippen molar-refractivity contribution < 1.29 is 52.7 Å². The van der Waals surface area contributed by atoms with Gasteiger partial charge in [-0.15, -0.1) is 0 Å². The monoisotopic (exact) mass is 1010 g/mol. The van der Waals surface area contributed by atoms with Crippen molar-refractivity contribution in [2.75, 3.05) is 66.6 Å². The minimum atomic E-state index is -1.09. The molecule has 406 valence electrons. The second-order valence-corrected chi connectivity index (χ2v) is 22.3. The third-order valence-electron chi connectivity index (χ3n) is 15.0. The number of carbonyl (C=O) groups is 10. The molecule has 0 spiro atoms. The van der Waals surface area contributed by atoms with E-state index in [1.807, 2.05) is 41.5 Å². The van der Waals surface area contributed by atoms with E-state index < -0.39 is 96.0 Å². The number of hydrogen-bond acceptors (Lipinski definition) is 11. The zero-order valence-electron chi connectivity index (χ0n) is 45.5. The number of nitrogens with one attached hydrogen (secondary N) is 2. The topological polar surface area (TPSA) is 223 Å². The van der Waals surface area contributed by atoms with Crippen LogP contribution < -0.4 is 10.6 Å². The van der Waals surface area contributed by atoms with Gasteiger partial charge in [0.15, 0.2) is 11.6 Å². The van der Waals surface area contributed by atoms with Gasteiger partial charge in [-0.3, -0.25) is 47.9 Å². The maximum absolute atomic E-state index is 14.8. The minimum absolute atomic E-state index is 0.00347. The molecular weight excluding hydrogens is 925 g/mol.